The van der Waals surface area contributed by atoms with E-state index >= 15 is 0 Å². The molecule has 0 fully saturated rings. The highest BCUT2D eigenvalue weighted by Crippen LogP contribution is 2.23. The standard InChI is InChI=1S/C13H14ClNO4/c1-7(5-10(12(16)17)13(18)19)4-8-6-9(15)2-3-11(8)14/h2-4,6,10H,5,15H2,1H3,(H,16,17)(H,18,19)/b7-4+. The normalized spacial score (nSPS) is 11.6. The van der Waals surface area contributed by atoms with Crippen LogP contribution in [0.5, 0.6) is 0 Å². The summed E-state index contributed by atoms with van der Waals surface area (Å²) in [6.07, 6.45) is 1.55. The van der Waals surface area contributed by atoms with Crippen LogP contribution in [0, 0.1) is 5.92 Å². The SMILES string of the molecule is C/C(=C\c1cc(N)ccc1Cl)CC(C(=O)O)C(=O)O. The Morgan fingerprint density at radius 1 is 1.37 bits per heavy atom. The van der Waals surface area contributed by atoms with Gasteiger partial charge in [0.15, 0.2) is 5.92 Å². The predicted molar refractivity (Wildman–Crippen MR) is 72.9 cm³/mol. The number of carboxylic acids is 2. The van der Waals surface area contributed by atoms with E-state index in [4.69, 9.17) is 27.5 Å². The first kappa shape index (κ1) is 15.0. The number of carboxylic acid groups (broad SMARTS) is 2. The van der Waals surface area contributed by atoms with Gasteiger partial charge < -0.3 is 15.9 Å². The number of hydrogen-bond donors (Lipinski definition) is 3. The van der Waals surface area contributed by atoms with Gasteiger partial charge in [0.05, 0.1) is 0 Å². The summed E-state index contributed by atoms with van der Waals surface area (Å²) in [7, 11) is 0. The zero-order chi connectivity index (χ0) is 14.6. The summed E-state index contributed by atoms with van der Waals surface area (Å²) in [4.78, 5) is 21.6. The van der Waals surface area contributed by atoms with Crippen LogP contribution in [-0.2, 0) is 9.59 Å². The van der Waals surface area contributed by atoms with Crippen molar-refractivity contribution in [3.63, 3.8) is 0 Å². The number of carbonyl (C=O) groups is 2. The third kappa shape index (κ3) is 4.30. The number of anilines is 1. The Morgan fingerprint density at radius 2 is 1.95 bits per heavy atom. The smallest absolute Gasteiger partial charge is 0.318 e. The molecule has 1 aromatic rings. The largest absolute Gasteiger partial charge is 0.481 e. The zero-order valence-electron chi connectivity index (χ0n) is 10.3. The number of nitrogens with two attached hydrogens (primary N) is 1. The molecule has 0 aliphatic heterocycles. The first-order valence-electron chi connectivity index (χ1n) is 5.49. The van der Waals surface area contributed by atoms with Crippen molar-refractivity contribution in [3.05, 3.63) is 34.4 Å². The maximum Gasteiger partial charge on any atom is 0.318 e. The number of hydrogen-bond acceptors (Lipinski definition) is 3. The van der Waals surface area contributed by atoms with E-state index in [9.17, 15) is 9.59 Å². The Bertz CT molecular complexity index is 525. The summed E-state index contributed by atoms with van der Waals surface area (Å²) >= 11 is 5.97. The van der Waals surface area contributed by atoms with Crippen LogP contribution in [0.25, 0.3) is 6.08 Å². The van der Waals surface area contributed by atoms with Crippen LogP contribution >= 0.6 is 11.6 Å². The maximum absolute atomic E-state index is 10.8. The highest BCUT2D eigenvalue weighted by Gasteiger charge is 2.25. The van der Waals surface area contributed by atoms with E-state index in [0.29, 0.717) is 21.8 Å². The first-order chi connectivity index (χ1) is 8.81. The van der Waals surface area contributed by atoms with E-state index in [1.165, 1.54) is 0 Å². The van der Waals surface area contributed by atoms with Crippen molar-refractivity contribution in [3.8, 4) is 0 Å². The Kier molecular flexibility index (Phi) is 4.94. The van der Waals surface area contributed by atoms with Crippen molar-refractivity contribution < 1.29 is 19.8 Å². The van der Waals surface area contributed by atoms with Gasteiger partial charge in [-0.25, -0.2) is 0 Å². The van der Waals surface area contributed by atoms with Crippen molar-refractivity contribution >= 4 is 35.3 Å². The third-order valence-electron chi connectivity index (χ3n) is 2.54. The quantitative estimate of drug-likeness (QED) is 0.569. The molecule has 0 aliphatic rings. The van der Waals surface area contributed by atoms with Crippen LogP contribution < -0.4 is 5.73 Å². The second-order valence-electron chi connectivity index (χ2n) is 4.20. The molecule has 1 rings (SSSR count). The molecule has 0 spiro atoms. The van der Waals surface area contributed by atoms with E-state index in [-0.39, 0.29) is 6.42 Å². The molecule has 0 aliphatic carbocycles. The third-order valence-corrected chi connectivity index (χ3v) is 2.89. The van der Waals surface area contributed by atoms with Crippen LogP contribution in [0.1, 0.15) is 18.9 Å². The van der Waals surface area contributed by atoms with Gasteiger partial charge in [-0.15, -0.1) is 0 Å². The lowest BCUT2D eigenvalue weighted by Crippen LogP contribution is -2.23. The molecule has 0 heterocycles. The first-order valence-corrected chi connectivity index (χ1v) is 5.87. The average Bonchev–Trinajstić information content (AvgIpc) is 2.30. The van der Waals surface area contributed by atoms with Gasteiger partial charge in [0, 0.05) is 10.7 Å². The van der Waals surface area contributed by atoms with Crippen LogP contribution in [-0.4, -0.2) is 22.2 Å². The predicted octanol–water partition coefficient (Wildman–Crippen LogP) is 2.50. The van der Waals surface area contributed by atoms with Gasteiger partial charge in [-0.1, -0.05) is 23.3 Å². The average molecular weight is 284 g/mol. The fourth-order valence-electron chi connectivity index (χ4n) is 1.60. The fraction of sp³-hybridized carbons (Fsp3) is 0.231. The van der Waals surface area contributed by atoms with Gasteiger partial charge in [-0.05, 0) is 37.1 Å². The van der Waals surface area contributed by atoms with Crippen LogP contribution in [0.15, 0.2) is 23.8 Å². The minimum absolute atomic E-state index is 0.0875. The molecule has 1 aromatic carbocycles. The second kappa shape index (κ2) is 6.24. The highest BCUT2D eigenvalue weighted by atomic mass is 35.5. The van der Waals surface area contributed by atoms with Crippen molar-refractivity contribution in [1.29, 1.82) is 0 Å². The molecule has 5 nitrogen and oxygen atoms in total. The number of aliphatic carboxylic acids is 2. The monoisotopic (exact) mass is 283 g/mol. The summed E-state index contributed by atoms with van der Waals surface area (Å²) in [5.74, 6) is -4.19. The molecule has 0 bridgehead atoms. The minimum atomic E-state index is -1.46. The van der Waals surface area contributed by atoms with Gasteiger partial charge in [0.2, 0.25) is 0 Å². The number of rotatable bonds is 5. The highest BCUT2D eigenvalue weighted by molar-refractivity contribution is 6.32. The molecule has 0 atom stereocenters. The molecule has 0 saturated carbocycles. The topological polar surface area (TPSA) is 101 Å². The lowest BCUT2D eigenvalue weighted by molar-refractivity contribution is -0.154. The van der Waals surface area contributed by atoms with Gasteiger partial charge in [0.25, 0.3) is 0 Å². The lowest BCUT2D eigenvalue weighted by atomic mass is 9.99. The summed E-state index contributed by atoms with van der Waals surface area (Å²) in [6.45, 7) is 1.65. The molecule has 19 heavy (non-hydrogen) atoms. The van der Waals surface area contributed by atoms with Gasteiger partial charge in [-0.3, -0.25) is 9.59 Å². The fourth-order valence-corrected chi connectivity index (χ4v) is 1.77. The van der Waals surface area contributed by atoms with Crippen molar-refractivity contribution in [2.24, 2.45) is 5.92 Å². The molecule has 0 amide bonds. The number of nitrogen functional groups attached to an aromatic ring is 1. The second-order valence-corrected chi connectivity index (χ2v) is 4.61. The molecule has 0 unspecified atom stereocenters. The van der Waals surface area contributed by atoms with Gasteiger partial charge in [0.1, 0.15) is 0 Å². The number of allylic oxidation sites excluding steroid dienone is 1. The van der Waals surface area contributed by atoms with E-state index in [1.807, 2.05) is 0 Å². The van der Waals surface area contributed by atoms with E-state index < -0.39 is 17.9 Å². The summed E-state index contributed by atoms with van der Waals surface area (Å²) in [6, 6.07) is 4.91. The minimum Gasteiger partial charge on any atom is -0.481 e. The number of benzene rings is 1. The van der Waals surface area contributed by atoms with Gasteiger partial charge in [-0.2, -0.15) is 0 Å². The Hall–Kier alpha value is -2.01. The van der Waals surface area contributed by atoms with Crippen LogP contribution in [0.3, 0.4) is 0 Å². The Labute approximate surface area is 115 Å². The molecule has 6 heteroatoms. The lowest BCUT2D eigenvalue weighted by Gasteiger charge is -2.08. The van der Waals surface area contributed by atoms with E-state index in [0.717, 1.165) is 0 Å². The molecule has 0 saturated heterocycles. The Morgan fingerprint density at radius 3 is 2.47 bits per heavy atom. The summed E-state index contributed by atoms with van der Waals surface area (Å²) < 4.78 is 0. The molecule has 0 radical (unpaired) electrons. The van der Waals surface area contributed by atoms with E-state index in [1.54, 1.807) is 31.2 Å². The van der Waals surface area contributed by atoms with E-state index in [2.05, 4.69) is 0 Å². The molecule has 0 aromatic heterocycles. The molecule has 102 valence electrons. The number of halogens is 1. The Balaban J connectivity index is 2.96. The zero-order valence-corrected chi connectivity index (χ0v) is 11.0. The molecular formula is C13H14ClNO4. The summed E-state index contributed by atoms with van der Waals surface area (Å²) in [5, 5.41) is 18.1. The maximum atomic E-state index is 10.8. The van der Waals surface area contributed by atoms with Crippen molar-refractivity contribution in [1.82, 2.24) is 0 Å². The van der Waals surface area contributed by atoms with Crippen LogP contribution in [0.2, 0.25) is 5.02 Å². The van der Waals surface area contributed by atoms with Gasteiger partial charge >= 0.3 is 11.9 Å². The van der Waals surface area contributed by atoms with Crippen molar-refractivity contribution in [2.45, 2.75) is 13.3 Å². The van der Waals surface area contributed by atoms with Crippen molar-refractivity contribution in [2.75, 3.05) is 5.73 Å². The molecule has 4 N–H and O–H groups in total. The van der Waals surface area contributed by atoms with Crippen LogP contribution in [0.4, 0.5) is 5.69 Å². The summed E-state index contributed by atoms with van der Waals surface area (Å²) in [5.41, 5.74) is 7.38. The molecular weight excluding hydrogens is 270 g/mol.